The maximum atomic E-state index is 12.5. The molecule has 0 aliphatic carbocycles. The SMILES string of the molecule is COC(=O)c1ccc2c(-c3ccccc3O)cn(CCCCNC(=O)c3ccc(C(C)C)cc3)c2c1. The molecule has 0 unspecified atom stereocenters. The average molecular weight is 485 g/mol. The van der Waals surface area contributed by atoms with Crippen molar-refractivity contribution in [2.24, 2.45) is 0 Å². The number of nitrogens with one attached hydrogen (secondary N) is 1. The molecule has 0 aliphatic rings. The molecule has 0 aliphatic heterocycles. The molecule has 4 rings (SSSR count). The number of phenolic OH excluding ortho intramolecular Hbond substituents is 1. The number of unbranched alkanes of at least 4 members (excludes halogenated alkanes) is 1. The number of esters is 1. The van der Waals surface area contributed by atoms with Crippen molar-refractivity contribution >= 4 is 22.8 Å². The highest BCUT2D eigenvalue weighted by molar-refractivity contribution is 6.01. The molecule has 186 valence electrons. The number of carbonyl (C=O) groups is 2. The van der Waals surface area contributed by atoms with Gasteiger partial charge in [0.25, 0.3) is 5.91 Å². The van der Waals surface area contributed by atoms with Crippen LogP contribution in [-0.2, 0) is 11.3 Å². The Balaban J connectivity index is 1.45. The zero-order valence-electron chi connectivity index (χ0n) is 21.0. The number of ether oxygens (including phenoxy) is 1. The van der Waals surface area contributed by atoms with Crippen molar-refractivity contribution in [3.05, 3.63) is 89.6 Å². The molecular weight excluding hydrogens is 452 g/mol. The first-order chi connectivity index (χ1) is 17.4. The molecule has 0 saturated carbocycles. The van der Waals surface area contributed by atoms with E-state index >= 15 is 0 Å². The molecule has 0 atom stereocenters. The van der Waals surface area contributed by atoms with E-state index in [-0.39, 0.29) is 11.7 Å². The lowest BCUT2D eigenvalue weighted by molar-refractivity contribution is 0.0600. The molecule has 1 amide bonds. The number of carbonyl (C=O) groups excluding carboxylic acids is 2. The van der Waals surface area contributed by atoms with E-state index in [2.05, 4.69) is 23.7 Å². The molecule has 0 bridgehead atoms. The first-order valence-corrected chi connectivity index (χ1v) is 12.3. The highest BCUT2D eigenvalue weighted by atomic mass is 16.5. The highest BCUT2D eigenvalue weighted by Gasteiger charge is 2.16. The normalized spacial score (nSPS) is 11.1. The third kappa shape index (κ3) is 5.43. The number of fused-ring (bicyclic) bond motifs is 1. The predicted molar refractivity (Wildman–Crippen MR) is 142 cm³/mol. The van der Waals surface area contributed by atoms with Crippen LogP contribution in [0, 0.1) is 0 Å². The zero-order chi connectivity index (χ0) is 25.7. The predicted octanol–water partition coefficient (Wildman–Crippen LogP) is 6.13. The van der Waals surface area contributed by atoms with Crippen LogP contribution in [0.4, 0.5) is 0 Å². The van der Waals surface area contributed by atoms with Gasteiger partial charge in [0.05, 0.1) is 12.7 Å². The lowest BCUT2D eigenvalue weighted by Gasteiger charge is -2.09. The number of hydrogen-bond donors (Lipinski definition) is 2. The molecule has 0 saturated heterocycles. The molecule has 2 N–H and O–H groups in total. The van der Waals surface area contributed by atoms with E-state index in [1.807, 2.05) is 54.7 Å². The van der Waals surface area contributed by atoms with Gasteiger partial charge in [-0.15, -0.1) is 0 Å². The fraction of sp³-hybridized carbons (Fsp3) is 0.267. The molecule has 0 spiro atoms. The molecule has 0 radical (unpaired) electrons. The van der Waals surface area contributed by atoms with E-state index in [0.29, 0.717) is 30.1 Å². The number of aryl methyl sites for hydroxylation is 1. The van der Waals surface area contributed by atoms with E-state index in [1.165, 1.54) is 12.7 Å². The number of para-hydroxylation sites is 1. The fourth-order valence-corrected chi connectivity index (χ4v) is 4.37. The largest absolute Gasteiger partial charge is 0.507 e. The summed E-state index contributed by atoms with van der Waals surface area (Å²) in [6, 6.07) is 20.4. The molecule has 6 nitrogen and oxygen atoms in total. The van der Waals surface area contributed by atoms with Crippen LogP contribution in [0.25, 0.3) is 22.0 Å². The van der Waals surface area contributed by atoms with E-state index in [9.17, 15) is 14.7 Å². The van der Waals surface area contributed by atoms with E-state index < -0.39 is 5.97 Å². The van der Waals surface area contributed by atoms with Crippen molar-refractivity contribution in [3.63, 3.8) is 0 Å². The summed E-state index contributed by atoms with van der Waals surface area (Å²) < 4.78 is 6.99. The van der Waals surface area contributed by atoms with E-state index in [4.69, 9.17) is 4.74 Å². The lowest BCUT2D eigenvalue weighted by Crippen LogP contribution is -2.24. The molecule has 1 heterocycles. The summed E-state index contributed by atoms with van der Waals surface area (Å²) >= 11 is 0. The van der Waals surface area contributed by atoms with Gasteiger partial charge in [-0.2, -0.15) is 0 Å². The second-order valence-electron chi connectivity index (χ2n) is 9.22. The van der Waals surface area contributed by atoms with Crippen LogP contribution < -0.4 is 5.32 Å². The summed E-state index contributed by atoms with van der Waals surface area (Å²) in [6.45, 7) is 5.53. The molecule has 0 fully saturated rings. The Bertz CT molecular complexity index is 1370. The Kier molecular flexibility index (Phi) is 7.74. The van der Waals surface area contributed by atoms with Crippen LogP contribution in [0.15, 0.2) is 72.9 Å². The Morgan fingerprint density at radius 2 is 1.67 bits per heavy atom. The highest BCUT2D eigenvalue weighted by Crippen LogP contribution is 2.36. The number of benzene rings is 3. The number of phenols is 1. The van der Waals surface area contributed by atoms with E-state index in [1.54, 1.807) is 18.2 Å². The van der Waals surface area contributed by atoms with Gasteiger partial charge in [0, 0.05) is 46.9 Å². The minimum Gasteiger partial charge on any atom is -0.507 e. The minimum absolute atomic E-state index is 0.0683. The lowest BCUT2D eigenvalue weighted by atomic mass is 10.0. The van der Waals surface area contributed by atoms with Gasteiger partial charge >= 0.3 is 5.97 Å². The van der Waals surface area contributed by atoms with Gasteiger partial charge in [-0.25, -0.2) is 4.79 Å². The number of amides is 1. The van der Waals surface area contributed by atoms with Gasteiger partial charge in [0.1, 0.15) is 5.75 Å². The number of rotatable bonds is 9. The van der Waals surface area contributed by atoms with Crippen LogP contribution in [0.5, 0.6) is 5.75 Å². The summed E-state index contributed by atoms with van der Waals surface area (Å²) in [6.07, 6.45) is 3.65. The number of hydrogen-bond acceptors (Lipinski definition) is 4. The molecule has 1 aromatic heterocycles. The van der Waals surface area contributed by atoms with Gasteiger partial charge in [-0.1, -0.05) is 50.2 Å². The topological polar surface area (TPSA) is 80.6 Å². The fourth-order valence-electron chi connectivity index (χ4n) is 4.37. The monoisotopic (exact) mass is 484 g/mol. The molecule has 4 aromatic rings. The first-order valence-electron chi connectivity index (χ1n) is 12.3. The molecule has 6 heteroatoms. The average Bonchev–Trinajstić information content (AvgIpc) is 3.25. The smallest absolute Gasteiger partial charge is 0.337 e. The number of nitrogens with zero attached hydrogens (tertiary/aromatic N) is 1. The van der Waals surface area contributed by atoms with Gasteiger partial charge in [0.2, 0.25) is 0 Å². The maximum Gasteiger partial charge on any atom is 0.337 e. The number of methoxy groups -OCH3 is 1. The third-order valence-corrected chi connectivity index (χ3v) is 6.45. The summed E-state index contributed by atoms with van der Waals surface area (Å²) in [5, 5.41) is 14.4. The summed E-state index contributed by atoms with van der Waals surface area (Å²) in [4.78, 5) is 24.6. The van der Waals surface area contributed by atoms with Crippen LogP contribution in [0.1, 0.15) is 58.9 Å². The molecule has 36 heavy (non-hydrogen) atoms. The van der Waals surface area contributed by atoms with Gasteiger partial charge in [0.15, 0.2) is 0 Å². The Morgan fingerprint density at radius 3 is 2.36 bits per heavy atom. The summed E-state index contributed by atoms with van der Waals surface area (Å²) in [5.41, 5.74) is 4.89. The quantitative estimate of drug-likeness (QED) is 0.221. The zero-order valence-corrected chi connectivity index (χ0v) is 21.0. The van der Waals surface area contributed by atoms with Crippen LogP contribution in [0.2, 0.25) is 0 Å². The summed E-state index contributed by atoms with van der Waals surface area (Å²) in [5.74, 6) is 0.180. The third-order valence-electron chi connectivity index (χ3n) is 6.45. The Labute approximate surface area is 211 Å². The van der Waals surface area contributed by atoms with Crippen molar-refractivity contribution in [3.8, 4) is 16.9 Å². The number of aromatic hydroxyl groups is 1. The van der Waals surface area contributed by atoms with Crippen molar-refractivity contribution in [1.82, 2.24) is 9.88 Å². The maximum absolute atomic E-state index is 12.5. The van der Waals surface area contributed by atoms with Crippen LogP contribution >= 0.6 is 0 Å². The first kappa shape index (κ1) is 25.0. The van der Waals surface area contributed by atoms with Crippen molar-refractivity contribution in [1.29, 1.82) is 0 Å². The van der Waals surface area contributed by atoms with Crippen LogP contribution in [-0.4, -0.2) is 35.2 Å². The second-order valence-corrected chi connectivity index (χ2v) is 9.22. The van der Waals surface area contributed by atoms with Crippen molar-refractivity contribution in [2.45, 2.75) is 39.2 Å². The standard InChI is InChI=1S/C30H32N2O4/c1-20(2)21-10-12-22(13-11-21)29(34)31-16-6-7-17-32-19-26(25-8-4-5-9-28(25)33)24-15-14-23(18-27(24)32)30(35)36-3/h4-5,8-15,18-20,33H,6-7,16-17H2,1-3H3,(H,31,34). The minimum atomic E-state index is -0.391. The van der Waals surface area contributed by atoms with Crippen molar-refractivity contribution < 1.29 is 19.4 Å². The van der Waals surface area contributed by atoms with Gasteiger partial charge in [-0.3, -0.25) is 4.79 Å². The van der Waals surface area contributed by atoms with E-state index in [0.717, 1.165) is 34.9 Å². The van der Waals surface area contributed by atoms with Crippen LogP contribution in [0.3, 0.4) is 0 Å². The second kappa shape index (κ2) is 11.1. The summed E-state index contributed by atoms with van der Waals surface area (Å²) in [7, 11) is 1.37. The Hall–Kier alpha value is -4.06. The Morgan fingerprint density at radius 1 is 0.944 bits per heavy atom. The van der Waals surface area contributed by atoms with Gasteiger partial charge < -0.3 is 19.7 Å². The van der Waals surface area contributed by atoms with Crippen molar-refractivity contribution in [2.75, 3.05) is 13.7 Å². The van der Waals surface area contributed by atoms with Gasteiger partial charge in [-0.05, 0) is 54.7 Å². The molecule has 3 aromatic carbocycles. The number of aromatic nitrogens is 1. The molecular formula is C30H32N2O4.